The van der Waals surface area contributed by atoms with Crippen molar-refractivity contribution < 1.29 is 27.5 Å². The summed E-state index contributed by atoms with van der Waals surface area (Å²) >= 11 is 0. The summed E-state index contributed by atoms with van der Waals surface area (Å²) in [6, 6.07) is 5.30. The van der Waals surface area contributed by atoms with Crippen LogP contribution in [0.15, 0.2) is 42.7 Å². The Morgan fingerprint density at radius 1 is 1.27 bits per heavy atom. The third-order valence-corrected chi connectivity index (χ3v) is 5.29. The van der Waals surface area contributed by atoms with Gasteiger partial charge in [-0.2, -0.15) is 0 Å². The van der Waals surface area contributed by atoms with Crippen LogP contribution in [0, 0.1) is 11.3 Å². The van der Waals surface area contributed by atoms with Gasteiger partial charge in [0.05, 0.1) is 16.9 Å². The van der Waals surface area contributed by atoms with E-state index in [1.807, 2.05) is 6.92 Å². The number of amidine groups is 1. The molecule has 4 rings (SSSR count). The van der Waals surface area contributed by atoms with Crippen LogP contribution in [-0.4, -0.2) is 34.7 Å². The zero-order valence-corrected chi connectivity index (χ0v) is 15.6. The molecular formula is C19H16F3N5O3. The van der Waals surface area contributed by atoms with Gasteiger partial charge in [-0.15, -0.1) is 13.2 Å². The van der Waals surface area contributed by atoms with Crippen molar-refractivity contribution in [1.29, 1.82) is 5.41 Å². The molecular weight excluding hydrogens is 403 g/mol. The fourth-order valence-corrected chi connectivity index (χ4v) is 3.80. The summed E-state index contributed by atoms with van der Waals surface area (Å²) in [5, 5.41) is 7.76. The number of aromatic nitrogens is 1. The van der Waals surface area contributed by atoms with E-state index in [4.69, 9.17) is 11.1 Å². The second kappa shape index (κ2) is 6.44. The summed E-state index contributed by atoms with van der Waals surface area (Å²) in [6.45, 7) is 1.82. The number of benzene rings is 1. The summed E-state index contributed by atoms with van der Waals surface area (Å²) in [7, 11) is 0. The number of pyridine rings is 1. The first-order valence-electron chi connectivity index (χ1n) is 8.89. The zero-order valence-electron chi connectivity index (χ0n) is 15.6. The van der Waals surface area contributed by atoms with Gasteiger partial charge in [-0.3, -0.25) is 20.1 Å². The van der Waals surface area contributed by atoms with Crippen molar-refractivity contribution >= 4 is 29.1 Å². The monoisotopic (exact) mass is 419 g/mol. The number of nitrogens with zero attached hydrogens (tertiary/aromatic N) is 3. The van der Waals surface area contributed by atoms with E-state index < -0.39 is 29.6 Å². The Morgan fingerprint density at radius 2 is 1.90 bits per heavy atom. The molecule has 1 aliphatic carbocycles. The maximum Gasteiger partial charge on any atom is 0.573 e. The number of ether oxygens (including phenoxy) is 1. The highest BCUT2D eigenvalue weighted by molar-refractivity contribution is 6.32. The van der Waals surface area contributed by atoms with Crippen molar-refractivity contribution in [3.63, 3.8) is 0 Å². The summed E-state index contributed by atoms with van der Waals surface area (Å²) in [4.78, 5) is 32.7. The third-order valence-electron chi connectivity index (χ3n) is 5.29. The smallest absolute Gasteiger partial charge is 0.406 e. The lowest BCUT2D eigenvalue weighted by Gasteiger charge is -2.24. The molecule has 2 aromatic rings. The number of alkyl halides is 3. The van der Waals surface area contributed by atoms with Crippen LogP contribution in [0.3, 0.4) is 0 Å². The first-order valence-corrected chi connectivity index (χ1v) is 8.89. The highest BCUT2D eigenvalue weighted by Gasteiger charge is 2.70. The number of nitrogens with two attached hydrogens (primary N) is 1. The second-order valence-electron chi connectivity index (χ2n) is 7.14. The van der Waals surface area contributed by atoms with Gasteiger partial charge in [-0.05, 0) is 42.7 Å². The number of imide groups is 1. The van der Waals surface area contributed by atoms with Crippen molar-refractivity contribution in [2.45, 2.75) is 25.2 Å². The van der Waals surface area contributed by atoms with E-state index in [1.54, 1.807) is 0 Å². The number of halogens is 3. The molecule has 2 heterocycles. The highest BCUT2D eigenvalue weighted by atomic mass is 19.4. The number of hydrogen-bond acceptors (Lipinski definition) is 5. The van der Waals surface area contributed by atoms with Crippen LogP contribution in [0.4, 0.5) is 29.3 Å². The summed E-state index contributed by atoms with van der Waals surface area (Å²) in [5.74, 6) is -1.42. The number of nitrogen functional groups attached to an aromatic ring is 1. The lowest BCUT2D eigenvalue weighted by molar-refractivity contribution is -0.274. The Morgan fingerprint density at radius 3 is 2.43 bits per heavy atom. The molecule has 1 aliphatic heterocycles. The van der Waals surface area contributed by atoms with Crippen molar-refractivity contribution in [3.05, 3.63) is 48.3 Å². The molecule has 30 heavy (non-hydrogen) atoms. The Balaban J connectivity index is 1.74. The Kier molecular flexibility index (Phi) is 4.22. The predicted octanol–water partition coefficient (Wildman–Crippen LogP) is 3.02. The van der Waals surface area contributed by atoms with Gasteiger partial charge in [-0.1, -0.05) is 6.92 Å². The minimum absolute atomic E-state index is 0.110. The average Bonchev–Trinajstić information content (AvgIpc) is 3.28. The summed E-state index contributed by atoms with van der Waals surface area (Å²) in [6.07, 6.45) is -1.69. The quantitative estimate of drug-likeness (QED) is 0.449. The Hall–Kier alpha value is -3.63. The zero-order chi connectivity index (χ0) is 21.8. The molecule has 1 saturated carbocycles. The van der Waals surface area contributed by atoms with Crippen molar-refractivity contribution in [2.24, 2.45) is 11.7 Å². The highest BCUT2D eigenvalue weighted by Crippen LogP contribution is 2.55. The maximum atomic E-state index is 13.3. The van der Waals surface area contributed by atoms with Gasteiger partial charge in [0.25, 0.3) is 5.91 Å². The Labute approximate surface area is 168 Å². The fraction of sp³-hybridized carbons (Fsp3) is 0.263. The molecule has 0 radical (unpaired) electrons. The fourth-order valence-electron chi connectivity index (χ4n) is 3.80. The summed E-state index contributed by atoms with van der Waals surface area (Å²) in [5.41, 5.74) is 5.07. The molecule has 0 bridgehead atoms. The lowest BCUT2D eigenvalue weighted by Crippen LogP contribution is -2.40. The van der Waals surface area contributed by atoms with Crippen molar-refractivity contribution in [3.8, 4) is 5.75 Å². The maximum absolute atomic E-state index is 13.3. The van der Waals surface area contributed by atoms with Gasteiger partial charge >= 0.3 is 12.4 Å². The van der Waals surface area contributed by atoms with Crippen LogP contribution in [0.5, 0.6) is 5.75 Å². The number of anilines is 2. The third kappa shape index (κ3) is 2.93. The van der Waals surface area contributed by atoms with E-state index in [1.165, 1.54) is 35.5 Å². The largest absolute Gasteiger partial charge is 0.573 e. The van der Waals surface area contributed by atoms with Gasteiger partial charge in [0.1, 0.15) is 17.1 Å². The van der Waals surface area contributed by atoms with Gasteiger partial charge in [0, 0.05) is 12.4 Å². The van der Waals surface area contributed by atoms with E-state index in [2.05, 4.69) is 9.72 Å². The molecule has 3 amide bonds. The molecule has 1 aromatic carbocycles. The van der Waals surface area contributed by atoms with Crippen LogP contribution < -0.4 is 20.3 Å². The van der Waals surface area contributed by atoms with Crippen LogP contribution in [0.1, 0.15) is 18.9 Å². The predicted molar refractivity (Wildman–Crippen MR) is 100 cm³/mol. The first-order chi connectivity index (χ1) is 14.1. The average molecular weight is 419 g/mol. The number of amides is 3. The number of hydrogen-bond donors (Lipinski definition) is 2. The molecule has 2 fully saturated rings. The molecule has 3 N–H and O–H groups in total. The molecule has 1 aromatic heterocycles. The van der Waals surface area contributed by atoms with Crippen molar-refractivity contribution in [1.82, 2.24) is 4.98 Å². The number of rotatable bonds is 4. The molecule has 156 valence electrons. The number of nitrogens with one attached hydrogen (secondary N) is 1. The molecule has 8 nitrogen and oxygen atoms in total. The molecule has 1 saturated heterocycles. The van der Waals surface area contributed by atoms with Gasteiger partial charge in [0.2, 0.25) is 0 Å². The topological polar surface area (TPSA) is 113 Å². The van der Waals surface area contributed by atoms with Gasteiger partial charge in [0.15, 0.2) is 0 Å². The van der Waals surface area contributed by atoms with Crippen LogP contribution in [0.25, 0.3) is 0 Å². The minimum Gasteiger partial charge on any atom is -0.406 e. The van der Waals surface area contributed by atoms with Crippen LogP contribution >= 0.6 is 0 Å². The van der Waals surface area contributed by atoms with Gasteiger partial charge in [-0.25, -0.2) is 9.69 Å². The van der Waals surface area contributed by atoms with E-state index in [0.29, 0.717) is 6.42 Å². The van der Waals surface area contributed by atoms with Crippen LogP contribution in [0.2, 0.25) is 0 Å². The molecule has 2 atom stereocenters. The molecule has 2 unspecified atom stereocenters. The number of carbonyl (C=O) groups is 2. The second-order valence-corrected chi connectivity index (χ2v) is 7.14. The summed E-state index contributed by atoms with van der Waals surface area (Å²) < 4.78 is 41.0. The van der Waals surface area contributed by atoms with E-state index in [9.17, 15) is 22.8 Å². The van der Waals surface area contributed by atoms with E-state index in [-0.39, 0.29) is 28.7 Å². The Bertz CT molecular complexity index is 1060. The lowest BCUT2D eigenvalue weighted by atomic mass is 10.1. The SMILES string of the molecule is CC1CC12C(=O)N(c1ccc(OC(F)(F)F)cc1)C(=O)N2c1ccncc1C(=N)N. The minimum atomic E-state index is -4.85. The van der Waals surface area contributed by atoms with Gasteiger partial charge < -0.3 is 10.5 Å². The first kappa shape index (κ1) is 19.7. The van der Waals surface area contributed by atoms with Crippen molar-refractivity contribution in [2.75, 3.05) is 9.80 Å². The number of carbonyl (C=O) groups excluding carboxylic acids is 2. The number of urea groups is 1. The normalized spacial score (nSPS) is 23.3. The van der Waals surface area contributed by atoms with Crippen LogP contribution in [-0.2, 0) is 4.79 Å². The molecule has 11 heteroatoms. The van der Waals surface area contributed by atoms with E-state index >= 15 is 0 Å². The van der Waals surface area contributed by atoms with E-state index in [0.717, 1.165) is 17.0 Å². The molecule has 1 spiro atoms. The molecule has 2 aliphatic rings. The standard InChI is InChI=1S/C19H16F3N5O3/c1-10-8-18(10)16(28)26(11-2-4-12(5-3-11)30-19(20,21)22)17(29)27(18)14-6-7-25-9-13(14)15(23)24/h2-7,9-10H,8H2,1H3,(H3,23,24).